The second-order valence-electron chi connectivity index (χ2n) is 2.68. The molecule has 0 bridgehead atoms. The molecule has 1 aromatic carbocycles. The fourth-order valence-electron chi connectivity index (χ4n) is 1.15. The molecular formula is C9H10OS2. The standard InChI is InChI=1S/C9H10OS2/c10-5-7-6-11-8-3-1-2-4-9(8)12-7/h1-4,7,10H,5-6H2. The first-order valence-electron chi connectivity index (χ1n) is 3.89. The predicted octanol–water partition coefficient (Wildman–Crippen LogP) is 2.25. The zero-order valence-corrected chi connectivity index (χ0v) is 8.20. The molecule has 1 aliphatic heterocycles. The van der Waals surface area contributed by atoms with Crippen LogP contribution in [0.1, 0.15) is 0 Å². The van der Waals surface area contributed by atoms with Gasteiger partial charge in [-0.25, -0.2) is 0 Å². The maximum absolute atomic E-state index is 8.98. The van der Waals surface area contributed by atoms with Crippen LogP contribution >= 0.6 is 23.5 Å². The van der Waals surface area contributed by atoms with Crippen LogP contribution in [0.25, 0.3) is 0 Å². The lowest BCUT2D eigenvalue weighted by molar-refractivity contribution is 0.301. The first-order valence-corrected chi connectivity index (χ1v) is 5.76. The van der Waals surface area contributed by atoms with Crippen LogP contribution in [0.5, 0.6) is 0 Å². The van der Waals surface area contributed by atoms with Gasteiger partial charge in [0, 0.05) is 20.8 Å². The molecular weight excluding hydrogens is 188 g/mol. The largest absolute Gasteiger partial charge is 0.395 e. The Morgan fingerprint density at radius 3 is 2.83 bits per heavy atom. The number of benzene rings is 1. The monoisotopic (exact) mass is 198 g/mol. The molecule has 1 unspecified atom stereocenters. The van der Waals surface area contributed by atoms with Crippen molar-refractivity contribution in [2.75, 3.05) is 12.4 Å². The van der Waals surface area contributed by atoms with Crippen LogP contribution in [0.4, 0.5) is 0 Å². The van der Waals surface area contributed by atoms with Gasteiger partial charge in [-0.3, -0.25) is 0 Å². The van der Waals surface area contributed by atoms with Crippen molar-refractivity contribution in [1.29, 1.82) is 0 Å². The third-order valence-electron chi connectivity index (χ3n) is 1.77. The summed E-state index contributed by atoms with van der Waals surface area (Å²) in [5, 5.41) is 9.36. The zero-order valence-electron chi connectivity index (χ0n) is 6.56. The Bertz CT molecular complexity index is 275. The Morgan fingerprint density at radius 2 is 2.08 bits per heavy atom. The molecule has 3 heteroatoms. The fourth-order valence-corrected chi connectivity index (χ4v) is 3.58. The number of hydrogen-bond donors (Lipinski definition) is 1. The van der Waals surface area contributed by atoms with E-state index in [1.54, 1.807) is 11.8 Å². The summed E-state index contributed by atoms with van der Waals surface area (Å²) in [6.45, 7) is 0.284. The molecule has 0 aliphatic carbocycles. The van der Waals surface area contributed by atoms with Gasteiger partial charge in [-0.05, 0) is 12.1 Å². The molecule has 0 spiro atoms. The van der Waals surface area contributed by atoms with E-state index in [0.717, 1.165) is 5.75 Å². The smallest absolute Gasteiger partial charge is 0.0561 e. The van der Waals surface area contributed by atoms with Crippen LogP contribution < -0.4 is 0 Å². The molecule has 1 aromatic rings. The number of thioether (sulfide) groups is 2. The van der Waals surface area contributed by atoms with Crippen LogP contribution in [-0.2, 0) is 0 Å². The summed E-state index contributed by atoms with van der Waals surface area (Å²) < 4.78 is 0. The number of rotatable bonds is 1. The third kappa shape index (κ3) is 1.63. The van der Waals surface area contributed by atoms with Gasteiger partial charge in [0.25, 0.3) is 0 Å². The van der Waals surface area contributed by atoms with Crippen molar-refractivity contribution in [2.24, 2.45) is 0 Å². The van der Waals surface area contributed by atoms with Gasteiger partial charge in [-0.2, -0.15) is 0 Å². The van der Waals surface area contributed by atoms with Gasteiger partial charge in [-0.15, -0.1) is 23.5 Å². The second-order valence-corrected chi connectivity index (χ2v) is 5.08. The topological polar surface area (TPSA) is 20.2 Å². The van der Waals surface area contributed by atoms with Gasteiger partial charge in [0.2, 0.25) is 0 Å². The van der Waals surface area contributed by atoms with E-state index in [1.807, 2.05) is 17.8 Å². The molecule has 0 amide bonds. The van der Waals surface area contributed by atoms with Crippen LogP contribution in [0.2, 0.25) is 0 Å². The van der Waals surface area contributed by atoms with Crippen molar-refractivity contribution in [3.63, 3.8) is 0 Å². The first-order chi connectivity index (χ1) is 5.90. The highest BCUT2D eigenvalue weighted by Gasteiger charge is 2.17. The number of aliphatic hydroxyl groups excluding tert-OH is 1. The van der Waals surface area contributed by atoms with Gasteiger partial charge in [-0.1, -0.05) is 12.1 Å². The minimum atomic E-state index is 0.284. The summed E-state index contributed by atoms with van der Waals surface area (Å²) in [7, 11) is 0. The molecule has 0 aromatic heterocycles. The van der Waals surface area contributed by atoms with Crippen LogP contribution in [0, 0.1) is 0 Å². The predicted molar refractivity (Wildman–Crippen MR) is 53.9 cm³/mol. The van der Waals surface area contributed by atoms with Crippen molar-refractivity contribution in [1.82, 2.24) is 0 Å². The van der Waals surface area contributed by atoms with Crippen molar-refractivity contribution in [2.45, 2.75) is 15.0 Å². The number of aliphatic hydroxyl groups is 1. The highest BCUT2D eigenvalue weighted by molar-refractivity contribution is 8.06. The second kappa shape index (κ2) is 3.73. The Morgan fingerprint density at radius 1 is 1.33 bits per heavy atom. The Labute approximate surface area is 80.6 Å². The summed E-state index contributed by atoms with van der Waals surface area (Å²) in [5.74, 6) is 1.03. The first kappa shape index (κ1) is 8.48. The molecule has 1 atom stereocenters. The lowest BCUT2D eigenvalue weighted by Crippen LogP contribution is -2.14. The highest BCUT2D eigenvalue weighted by atomic mass is 32.2. The lowest BCUT2D eigenvalue weighted by Gasteiger charge is -2.21. The fraction of sp³-hybridized carbons (Fsp3) is 0.333. The molecule has 1 heterocycles. The highest BCUT2D eigenvalue weighted by Crippen LogP contribution is 2.39. The van der Waals surface area contributed by atoms with Crippen LogP contribution in [0.3, 0.4) is 0 Å². The molecule has 0 saturated heterocycles. The van der Waals surface area contributed by atoms with E-state index in [-0.39, 0.29) is 6.61 Å². The van der Waals surface area contributed by atoms with E-state index in [4.69, 9.17) is 5.11 Å². The van der Waals surface area contributed by atoms with Gasteiger partial charge < -0.3 is 5.11 Å². The van der Waals surface area contributed by atoms with E-state index in [9.17, 15) is 0 Å². The normalized spacial score (nSPS) is 21.9. The summed E-state index contributed by atoms with van der Waals surface area (Å²) in [5.41, 5.74) is 0. The van der Waals surface area contributed by atoms with E-state index in [0.29, 0.717) is 5.25 Å². The Kier molecular flexibility index (Phi) is 2.63. The lowest BCUT2D eigenvalue weighted by atomic mass is 10.4. The van der Waals surface area contributed by atoms with Gasteiger partial charge in [0.15, 0.2) is 0 Å². The van der Waals surface area contributed by atoms with Crippen molar-refractivity contribution < 1.29 is 5.11 Å². The maximum Gasteiger partial charge on any atom is 0.0561 e. The molecule has 0 radical (unpaired) electrons. The minimum Gasteiger partial charge on any atom is -0.395 e. The summed E-state index contributed by atoms with van der Waals surface area (Å²) in [6, 6.07) is 8.37. The molecule has 1 nitrogen and oxygen atoms in total. The molecule has 64 valence electrons. The molecule has 0 saturated carbocycles. The molecule has 1 N–H and O–H groups in total. The van der Waals surface area contributed by atoms with Gasteiger partial charge in [0.05, 0.1) is 6.61 Å². The van der Waals surface area contributed by atoms with Crippen LogP contribution in [0.15, 0.2) is 34.1 Å². The molecule has 12 heavy (non-hydrogen) atoms. The van der Waals surface area contributed by atoms with Gasteiger partial charge in [0.1, 0.15) is 0 Å². The average Bonchev–Trinajstić information content (AvgIpc) is 2.17. The maximum atomic E-state index is 8.98. The van der Waals surface area contributed by atoms with Crippen molar-refractivity contribution >= 4 is 23.5 Å². The van der Waals surface area contributed by atoms with Crippen LogP contribution in [-0.4, -0.2) is 22.7 Å². The number of hydrogen-bond acceptors (Lipinski definition) is 3. The van der Waals surface area contributed by atoms with Crippen molar-refractivity contribution in [3.05, 3.63) is 24.3 Å². The Hall–Kier alpha value is -0.120. The SMILES string of the molecule is OCC1CSc2ccccc2S1. The van der Waals surface area contributed by atoms with E-state index in [1.165, 1.54) is 9.79 Å². The van der Waals surface area contributed by atoms with E-state index in [2.05, 4.69) is 18.2 Å². The quantitative estimate of drug-likeness (QED) is 0.747. The Balaban J connectivity index is 2.23. The van der Waals surface area contributed by atoms with E-state index < -0.39 is 0 Å². The molecule has 1 aliphatic rings. The third-order valence-corrected chi connectivity index (χ3v) is 4.61. The molecule has 0 fully saturated rings. The van der Waals surface area contributed by atoms with Gasteiger partial charge >= 0.3 is 0 Å². The molecule has 2 rings (SSSR count). The van der Waals surface area contributed by atoms with Crippen molar-refractivity contribution in [3.8, 4) is 0 Å². The zero-order chi connectivity index (χ0) is 8.39. The minimum absolute atomic E-state index is 0.284. The number of fused-ring (bicyclic) bond motifs is 1. The van der Waals surface area contributed by atoms with E-state index >= 15 is 0 Å². The summed E-state index contributed by atoms with van der Waals surface area (Å²) >= 11 is 3.63. The average molecular weight is 198 g/mol. The summed E-state index contributed by atoms with van der Waals surface area (Å²) in [6.07, 6.45) is 0. The summed E-state index contributed by atoms with van der Waals surface area (Å²) in [4.78, 5) is 2.67.